The van der Waals surface area contributed by atoms with Gasteiger partial charge < -0.3 is 4.90 Å². The van der Waals surface area contributed by atoms with Crippen LogP contribution in [0.25, 0.3) is 0 Å². The van der Waals surface area contributed by atoms with Gasteiger partial charge in [-0.2, -0.15) is 0 Å². The normalized spacial score (nSPS) is 18.3. The number of aryl methyl sites for hydroxylation is 2. The number of carbonyl (C=O) groups excluding carboxylic acids is 1. The number of nitrogens with zero attached hydrogens (tertiary/aromatic N) is 1. The van der Waals surface area contributed by atoms with E-state index in [9.17, 15) is 13.2 Å². The van der Waals surface area contributed by atoms with Crippen LogP contribution in [-0.4, -0.2) is 26.1 Å². The monoisotopic (exact) mass is 375 g/mol. The Balaban J connectivity index is 2.07. The third-order valence-corrected chi connectivity index (χ3v) is 5.67. The summed E-state index contributed by atoms with van der Waals surface area (Å²) in [5.41, 5.74) is 3.16. The minimum atomic E-state index is -3.29. The summed E-state index contributed by atoms with van der Waals surface area (Å²) in [6.07, 6.45) is 1.57. The van der Waals surface area contributed by atoms with E-state index in [1.54, 1.807) is 35.2 Å². The molecule has 0 radical (unpaired) electrons. The zero-order valence-electron chi connectivity index (χ0n) is 13.9. The first-order chi connectivity index (χ1) is 11.7. The zero-order chi connectivity index (χ0) is 18.2. The van der Waals surface area contributed by atoms with Crippen LogP contribution in [0.1, 0.15) is 21.5 Å². The quantitative estimate of drug-likeness (QED) is 0.817. The molecule has 0 saturated carbocycles. The Morgan fingerprint density at radius 2 is 1.68 bits per heavy atom. The van der Waals surface area contributed by atoms with Crippen molar-refractivity contribution in [1.82, 2.24) is 0 Å². The van der Waals surface area contributed by atoms with Crippen molar-refractivity contribution in [1.29, 1.82) is 0 Å². The molecule has 1 atom stereocenters. The third-order valence-electron chi connectivity index (χ3n) is 4.04. The van der Waals surface area contributed by atoms with Crippen LogP contribution in [0.2, 0.25) is 5.02 Å². The molecule has 130 valence electrons. The van der Waals surface area contributed by atoms with Gasteiger partial charge in [-0.3, -0.25) is 4.79 Å². The van der Waals surface area contributed by atoms with Crippen LogP contribution in [0.4, 0.5) is 5.69 Å². The van der Waals surface area contributed by atoms with E-state index in [-0.39, 0.29) is 11.7 Å². The van der Waals surface area contributed by atoms with Gasteiger partial charge in [0.15, 0.2) is 9.84 Å². The highest BCUT2D eigenvalue weighted by molar-refractivity contribution is 7.94. The largest absolute Gasteiger partial charge is 0.300 e. The summed E-state index contributed by atoms with van der Waals surface area (Å²) in [6, 6.07) is 11.8. The molecular formula is C19H18ClNO3S. The van der Waals surface area contributed by atoms with Crippen LogP contribution in [0.3, 0.4) is 0 Å². The molecule has 6 heteroatoms. The van der Waals surface area contributed by atoms with Crippen molar-refractivity contribution in [2.75, 3.05) is 10.7 Å². The van der Waals surface area contributed by atoms with Crippen molar-refractivity contribution < 1.29 is 13.2 Å². The number of rotatable bonds is 3. The maximum absolute atomic E-state index is 13.1. The van der Waals surface area contributed by atoms with Gasteiger partial charge in [0.05, 0.1) is 11.8 Å². The third kappa shape index (κ3) is 3.94. The van der Waals surface area contributed by atoms with Crippen molar-refractivity contribution in [3.8, 4) is 0 Å². The van der Waals surface area contributed by atoms with E-state index in [0.717, 1.165) is 11.1 Å². The van der Waals surface area contributed by atoms with Gasteiger partial charge in [0.1, 0.15) is 0 Å². The van der Waals surface area contributed by atoms with Gasteiger partial charge in [0.2, 0.25) is 0 Å². The summed E-state index contributed by atoms with van der Waals surface area (Å²) < 4.78 is 23.7. The first kappa shape index (κ1) is 17.7. The van der Waals surface area contributed by atoms with E-state index < -0.39 is 15.9 Å². The van der Waals surface area contributed by atoms with Gasteiger partial charge in [-0.1, -0.05) is 17.7 Å². The summed E-state index contributed by atoms with van der Waals surface area (Å²) in [6.45, 7) is 3.89. The van der Waals surface area contributed by atoms with Gasteiger partial charge in [-0.05, 0) is 67.4 Å². The minimum Gasteiger partial charge on any atom is -0.300 e. The predicted octanol–water partition coefficient (Wildman–Crippen LogP) is 3.91. The van der Waals surface area contributed by atoms with Crippen LogP contribution in [-0.2, 0) is 9.84 Å². The molecule has 4 nitrogen and oxygen atoms in total. The molecule has 0 aromatic heterocycles. The lowest BCUT2D eigenvalue weighted by Crippen LogP contribution is -2.41. The number of anilines is 1. The van der Waals surface area contributed by atoms with Crippen molar-refractivity contribution in [3.05, 3.63) is 75.7 Å². The van der Waals surface area contributed by atoms with E-state index in [2.05, 4.69) is 0 Å². The Morgan fingerprint density at radius 3 is 2.20 bits per heavy atom. The maximum atomic E-state index is 13.1. The number of benzene rings is 2. The number of sulfone groups is 1. The Morgan fingerprint density at radius 1 is 1.08 bits per heavy atom. The lowest BCUT2D eigenvalue weighted by Gasteiger charge is -2.28. The molecule has 1 aliphatic rings. The van der Waals surface area contributed by atoms with Crippen molar-refractivity contribution >= 4 is 33.0 Å². The van der Waals surface area contributed by atoms with Crippen molar-refractivity contribution in [2.24, 2.45) is 0 Å². The number of carbonyl (C=O) groups is 1. The SMILES string of the molecule is Cc1cc(C)cc(N(C(=O)c2ccc(Cl)cc2)[C@@H]2C=CS(=O)(=O)C2)c1. The molecule has 2 aromatic rings. The fraction of sp³-hybridized carbons (Fsp3) is 0.211. The van der Waals surface area contributed by atoms with E-state index >= 15 is 0 Å². The van der Waals surface area contributed by atoms with Gasteiger partial charge in [-0.25, -0.2) is 8.42 Å². The first-order valence-corrected chi connectivity index (χ1v) is 9.93. The Bertz CT molecular complexity index is 929. The second-order valence-corrected chi connectivity index (χ2v) is 8.62. The zero-order valence-corrected chi connectivity index (χ0v) is 15.5. The standard InChI is InChI=1S/C19H18ClNO3S/c1-13-9-14(2)11-18(10-13)21(17-7-8-25(23,24)12-17)19(22)15-3-5-16(20)6-4-15/h3-11,17H,12H2,1-2H3/t17-/m1/s1. The van der Waals surface area contributed by atoms with Crippen LogP contribution in [0, 0.1) is 13.8 Å². The Hall–Kier alpha value is -2.11. The number of halogens is 1. The average Bonchev–Trinajstić information content (AvgIpc) is 2.87. The number of hydrogen-bond acceptors (Lipinski definition) is 3. The number of amides is 1. The summed E-state index contributed by atoms with van der Waals surface area (Å²) in [5, 5.41) is 1.72. The molecule has 0 aliphatic carbocycles. The highest BCUT2D eigenvalue weighted by Crippen LogP contribution is 2.27. The summed E-state index contributed by atoms with van der Waals surface area (Å²) >= 11 is 5.90. The van der Waals surface area contributed by atoms with E-state index in [0.29, 0.717) is 16.3 Å². The molecular weight excluding hydrogens is 358 g/mol. The van der Waals surface area contributed by atoms with Gasteiger partial charge in [0.25, 0.3) is 5.91 Å². The summed E-state index contributed by atoms with van der Waals surface area (Å²) in [4.78, 5) is 14.7. The first-order valence-electron chi connectivity index (χ1n) is 7.83. The van der Waals surface area contributed by atoms with Crippen LogP contribution >= 0.6 is 11.6 Å². The molecule has 3 rings (SSSR count). The van der Waals surface area contributed by atoms with E-state index in [1.165, 1.54) is 5.41 Å². The van der Waals surface area contributed by atoms with Crippen molar-refractivity contribution in [2.45, 2.75) is 19.9 Å². The van der Waals surface area contributed by atoms with Crippen LogP contribution < -0.4 is 4.90 Å². The molecule has 1 aliphatic heterocycles. The smallest absolute Gasteiger partial charge is 0.258 e. The predicted molar refractivity (Wildman–Crippen MR) is 101 cm³/mol. The molecule has 1 heterocycles. The molecule has 1 amide bonds. The fourth-order valence-corrected chi connectivity index (χ4v) is 4.39. The fourth-order valence-electron chi connectivity index (χ4n) is 3.00. The lowest BCUT2D eigenvalue weighted by atomic mass is 10.1. The molecule has 0 N–H and O–H groups in total. The van der Waals surface area contributed by atoms with Crippen LogP contribution in [0.15, 0.2) is 53.9 Å². The topological polar surface area (TPSA) is 54.5 Å². The lowest BCUT2D eigenvalue weighted by molar-refractivity contribution is 0.0983. The summed E-state index contributed by atoms with van der Waals surface area (Å²) in [5.74, 6) is -0.368. The van der Waals surface area contributed by atoms with Crippen molar-refractivity contribution in [3.63, 3.8) is 0 Å². The molecule has 0 saturated heterocycles. The summed E-state index contributed by atoms with van der Waals surface area (Å²) in [7, 11) is -3.29. The van der Waals surface area contributed by atoms with E-state index in [4.69, 9.17) is 11.6 Å². The van der Waals surface area contributed by atoms with Gasteiger partial charge in [-0.15, -0.1) is 0 Å². The molecule has 0 unspecified atom stereocenters. The average molecular weight is 376 g/mol. The van der Waals surface area contributed by atoms with Crippen LogP contribution in [0.5, 0.6) is 0 Å². The Labute approximate surface area is 152 Å². The van der Waals surface area contributed by atoms with E-state index in [1.807, 2.05) is 32.0 Å². The maximum Gasteiger partial charge on any atom is 0.258 e. The second-order valence-electron chi connectivity index (χ2n) is 6.25. The Kier molecular flexibility index (Phi) is 4.71. The van der Waals surface area contributed by atoms with Gasteiger partial charge in [0, 0.05) is 21.7 Å². The molecule has 0 spiro atoms. The number of hydrogen-bond donors (Lipinski definition) is 0. The highest BCUT2D eigenvalue weighted by atomic mass is 35.5. The highest BCUT2D eigenvalue weighted by Gasteiger charge is 2.32. The second kappa shape index (κ2) is 6.65. The molecule has 0 bridgehead atoms. The minimum absolute atomic E-state index is 0.112. The molecule has 2 aromatic carbocycles. The molecule has 25 heavy (non-hydrogen) atoms. The van der Waals surface area contributed by atoms with Gasteiger partial charge >= 0.3 is 0 Å². The molecule has 0 fully saturated rings.